The summed E-state index contributed by atoms with van der Waals surface area (Å²) in [5, 5.41) is 8.01. The molecule has 0 saturated carbocycles. The van der Waals surface area contributed by atoms with E-state index in [1.54, 1.807) is 36.9 Å². The van der Waals surface area contributed by atoms with E-state index in [0.717, 1.165) is 29.4 Å². The smallest absolute Gasteiger partial charge is 0.317 e. The predicted octanol–water partition coefficient (Wildman–Crippen LogP) is 3.17. The first-order chi connectivity index (χ1) is 16.2. The van der Waals surface area contributed by atoms with Gasteiger partial charge in [0, 0.05) is 43.3 Å². The average molecular weight is 451 g/mol. The summed E-state index contributed by atoms with van der Waals surface area (Å²) in [5.74, 6) is 0.131. The minimum atomic E-state index is -0.615. The number of H-pyrrole nitrogens is 1. The first kappa shape index (κ1) is 21.0. The summed E-state index contributed by atoms with van der Waals surface area (Å²) in [6.45, 7) is 0.692. The molecule has 1 amide bonds. The highest BCUT2D eigenvalue weighted by Crippen LogP contribution is 2.25. The molecule has 1 saturated heterocycles. The molecule has 4 aromatic heterocycles. The molecule has 4 aromatic rings. The largest absolute Gasteiger partial charge is 0.461 e. The third-order valence-corrected chi connectivity index (χ3v) is 5.39. The number of hydrogen-bond donors (Lipinski definition) is 2. The lowest BCUT2D eigenvalue weighted by molar-refractivity contribution is 0.0662. The highest BCUT2D eigenvalue weighted by atomic mass is 19.1. The van der Waals surface area contributed by atoms with Gasteiger partial charge in [-0.15, -0.1) is 0 Å². The molecule has 1 aliphatic heterocycles. The third kappa shape index (κ3) is 4.67. The Morgan fingerprint density at radius 1 is 1.27 bits per heavy atom. The van der Waals surface area contributed by atoms with Crippen molar-refractivity contribution in [2.75, 3.05) is 31.8 Å². The van der Waals surface area contributed by atoms with Gasteiger partial charge in [-0.2, -0.15) is 10.1 Å². The summed E-state index contributed by atoms with van der Waals surface area (Å²) in [4.78, 5) is 28.6. The van der Waals surface area contributed by atoms with Crippen LogP contribution in [0.2, 0.25) is 0 Å². The van der Waals surface area contributed by atoms with Crippen LogP contribution in [0.4, 0.5) is 10.2 Å². The second-order valence-electron chi connectivity index (χ2n) is 7.61. The second kappa shape index (κ2) is 9.33. The lowest BCUT2D eigenvalue weighted by atomic mass is 10.1. The number of amides is 1. The summed E-state index contributed by atoms with van der Waals surface area (Å²) < 4.78 is 24.7. The van der Waals surface area contributed by atoms with Crippen LogP contribution in [-0.2, 0) is 4.74 Å². The predicted molar refractivity (Wildman–Crippen MR) is 118 cm³/mol. The molecule has 1 aliphatic rings. The van der Waals surface area contributed by atoms with Crippen LogP contribution in [-0.4, -0.2) is 62.1 Å². The zero-order valence-corrected chi connectivity index (χ0v) is 17.7. The van der Waals surface area contributed by atoms with Crippen LogP contribution < -0.4 is 10.1 Å². The molecule has 0 atom stereocenters. The number of anilines is 1. The molecule has 0 aromatic carbocycles. The minimum Gasteiger partial charge on any atom is -0.461 e. The summed E-state index contributed by atoms with van der Waals surface area (Å²) >= 11 is 0. The summed E-state index contributed by atoms with van der Waals surface area (Å²) in [5.41, 5.74) is 2.57. The topological polar surface area (TPSA) is 120 Å². The van der Waals surface area contributed by atoms with Crippen LogP contribution in [0.1, 0.15) is 29.2 Å². The zero-order valence-electron chi connectivity index (χ0n) is 17.7. The van der Waals surface area contributed by atoms with Gasteiger partial charge in [-0.05, 0) is 25.0 Å². The third-order valence-electron chi connectivity index (χ3n) is 5.39. The van der Waals surface area contributed by atoms with E-state index in [1.165, 1.54) is 0 Å². The van der Waals surface area contributed by atoms with E-state index in [2.05, 4.69) is 30.4 Å². The normalized spacial score (nSPS) is 14.5. The molecular weight excluding hydrogens is 429 g/mol. The molecule has 1 fully saturated rings. The van der Waals surface area contributed by atoms with Gasteiger partial charge >= 0.3 is 6.01 Å². The lowest BCUT2D eigenvalue weighted by Crippen LogP contribution is -2.20. The quantitative estimate of drug-likeness (QED) is 0.443. The summed E-state index contributed by atoms with van der Waals surface area (Å²) in [7, 11) is 0. The summed E-state index contributed by atoms with van der Waals surface area (Å²) in [6, 6.07) is 5.71. The summed E-state index contributed by atoms with van der Waals surface area (Å²) in [6.07, 6.45) is 8.30. The fourth-order valence-corrected chi connectivity index (χ4v) is 3.72. The lowest BCUT2D eigenvalue weighted by Gasteiger charge is -2.22. The van der Waals surface area contributed by atoms with Crippen molar-refractivity contribution in [3.63, 3.8) is 0 Å². The van der Waals surface area contributed by atoms with Gasteiger partial charge in [-0.1, -0.05) is 0 Å². The van der Waals surface area contributed by atoms with Gasteiger partial charge < -0.3 is 19.8 Å². The van der Waals surface area contributed by atoms with Crippen LogP contribution in [0.25, 0.3) is 22.3 Å². The van der Waals surface area contributed by atoms with Crippen molar-refractivity contribution < 1.29 is 18.7 Å². The van der Waals surface area contributed by atoms with E-state index in [1.807, 2.05) is 10.7 Å². The second-order valence-corrected chi connectivity index (χ2v) is 7.61. The number of aromatic amines is 1. The maximum atomic E-state index is 12.7. The Balaban J connectivity index is 1.31. The maximum absolute atomic E-state index is 12.7. The van der Waals surface area contributed by atoms with Crippen molar-refractivity contribution in [3.05, 3.63) is 48.5 Å². The van der Waals surface area contributed by atoms with Gasteiger partial charge in [0.05, 0.1) is 34.7 Å². The number of alkyl halides is 1. The van der Waals surface area contributed by atoms with Crippen molar-refractivity contribution >= 4 is 22.6 Å². The molecule has 33 heavy (non-hydrogen) atoms. The van der Waals surface area contributed by atoms with Crippen molar-refractivity contribution in [2.45, 2.75) is 18.9 Å². The van der Waals surface area contributed by atoms with Gasteiger partial charge in [0.2, 0.25) is 0 Å². The number of pyridine rings is 1. The van der Waals surface area contributed by atoms with E-state index in [0.29, 0.717) is 30.3 Å². The molecule has 10 nitrogen and oxygen atoms in total. The van der Waals surface area contributed by atoms with E-state index >= 15 is 0 Å². The molecule has 5 heterocycles. The number of fused-ring (bicyclic) bond motifs is 1. The number of carbonyl (C=O) groups excluding carboxylic acids is 1. The average Bonchev–Trinajstić information content (AvgIpc) is 3.51. The van der Waals surface area contributed by atoms with E-state index < -0.39 is 6.67 Å². The number of nitrogens with one attached hydrogen (secondary N) is 2. The standard InChI is InChI=1S/C22H22FN7O3/c23-4-8-33-22-24-5-1-17(28-22)19-9-14-11-25-20(10-18(14)27-19)29-21(31)15-12-26-30(13-15)16-2-6-32-7-3-16/h1,5,9-13,16,27H,2-4,6-8H2,(H,25,29,31). The molecule has 0 bridgehead atoms. The fraction of sp³-hybridized carbons (Fsp3) is 0.318. The van der Waals surface area contributed by atoms with Gasteiger partial charge in [0.25, 0.3) is 5.91 Å². The highest BCUT2D eigenvalue weighted by Gasteiger charge is 2.18. The fourth-order valence-electron chi connectivity index (χ4n) is 3.72. The Bertz CT molecular complexity index is 1270. The van der Waals surface area contributed by atoms with E-state index in [9.17, 15) is 9.18 Å². The number of hydrogen-bond acceptors (Lipinski definition) is 7. The number of ether oxygens (including phenoxy) is 2. The van der Waals surface area contributed by atoms with Gasteiger partial charge in [0.15, 0.2) is 0 Å². The zero-order chi connectivity index (χ0) is 22.6. The van der Waals surface area contributed by atoms with Crippen LogP contribution in [0.15, 0.2) is 43.0 Å². The molecule has 2 N–H and O–H groups in total. The Hall–Kier alpha value is -3.86. The monoisotopic (exact) mass is 451 g/mol. The minimum absolute atomic E-state index is 0.100. The van der Waals surface area contributed by atoms with E-state index in [-0.39, 0.29) is 24.6 Å². The van der Waals surface area contributed by atoms with Crippen molar-refractivity contribution in [3.8, 4) is 17.4 Å². The first-order valence-electron chi connectivity index (χ1n) is 10.6. The molecule has 0 unspecified atom stereocenters. The number of rotatable bonds is 7. The van der Waals surface area contributed by atoms with Crippen molar-refractivity contribution in [1.82, 2.24) is 29.7 Å². The van der Waals surface area contributed by atoms with Crippen LogP contribution >= 0.6 is 0 Å². The molecular formula is C22H22FN7O3. The van der Waals surface area contributed by atoms with Crippen molar-refractivity contribution in [1.29, 1.82) is 0 Å². The molecule has 0 aliphatic carbocycles. The number of halogens is 1. The Morgan fingerprint density at radius 3 is 3.00 bits per heavy atom. The SMILES string of the molecule is O=C(Nc1cc2[nH]c(-c3ccnc(OCCF)n3)cc2cn1)c1cnn(C2CCOCC2)c1. The molecule has 170 valence electrons. The Morgan fingerprint density at radius 2 is 2.15 bits per heavy atom. The Labute approximate surface area is 188 Å². The van der Waals surface area contributed by atoms with Crippen LogP contribution in [0.5, 0.6) is 6.01 Å². The molecule has 11 heteroatoms. The van der Waals surface area contributed by atoms with Gasteiger partial charge in [-0.25, -0.2) is 14.4 Å². The first-order valence-corrected chi connectivity index (χ1v) is 10.6. The molecule has 5 rings (SSSR count). The Kier molecular flexibility index (Phi) is 5.94. The van der Waals surface area contributed by atoms with Crippen molar-refractivity contribution in [2.24, 2.45) is 0 Å². The van der Waals surface area contributed by atoms with E-state index in [4.69, 9.17) is 9.47 Å². The number of aromatic nitrogens is 6. The molecule has 0 spiro atoms. The van der Waals surface area contributed by atoms with Crippen LogP contribution in [0.3, 0.4) is 0 Å². The highest BCUT2D eigenvalue weighted by molar-refractivity contribution is 6.04. The number of nitrogens with zero attached hydrogens (tertiary/aromatic N) is 5. The van der Waals surface area contributed by atoms with Crippen LogP contribution in [0, 0.1) is 0 Å². The molecule has 0 radical (unpaired) electrons. The van der Waals surface area contributed by atoms with Gasteiger partial charge in [-0.3, -0.25) is 9.48 Å². The number of carbonyl (C=O) groups is 1. The maximum Gasteiger partial charge on any atom is 0.317 e. The van der Waals surface area contributed by atoms with Gasteiger partial charge in [0.1, 0.15) is 19.1 Å².